The number of aromatic nitrogens is 2. The van der Waals surface area contributed by atoms with Gasteiger partial charge in [0, 0.05) is 26.9 Å². The summed E-state index contributed by atoms with van der Waals surface area (Å²) >= 11 is 5.32. The molecule has 0 aliphatic heterocycles. The number of hydrogen-bond acceptors (Lipinski definition) is 2. The highest BCUT2D eigenvalue weighted by molar-refractivity contribution is 9.10. The van der Waals surface area contributed by atoms with Crippen LogP contribution in [-0.4, -0.2) is 9.38 Å². The van der Waals surface area contributed by atoms with Crippen molar-refractivity contribution in [2.45, 2.75) is 10.6 Å². The van der Waals surface area contributed by atoms with Gasteiger partial charge in [-0.3, -0.25) is 0 Å². The maximum Gasteiger partial charge on any atom is 0.137 e. The quantitative estimate of drug-likeness (QED) is 0.391. The van der Waals surface area contributed by atoms with E-state index in [1.807, 2.05) is 23.9 Å². The Morgan fingerprint density at radius 1 is 0.875 bits per heavy atom. The molecule has 0 amide bonds. The minimum Gasteiger partial charge on any atom is -0.303 e. The second-order valence-electron chi connectivity index (χ2n) is 5.44. The van der Waals surface area contributed by atoms with Crippen molar-refractivity contribution in [1.82, 2.24) is 9.38 Å². The molecule has 0 unspecified atom stereocenters. The van der Waals surface area contributed by atoms with Crippen molar-refractivity contribution in [3.63, 3.8) is 0 Å². The van der Waals surface area contributed by atoms with Gasteiger partial charge in [0.25, 0.3) is 0 Å². The van der Waals surface area contributed by atoms with Gasteiger partial charge in [0.15, 0.2) is 0 Å². The number of hydrogen-bond donors (Lipinski definition) is 0. The van der Waals surface area contributed by atoms with Gasteiger partial charge in [-0.05, 0) is 36.4 Å². The monoisotopic (exact) mass is 394 g/mol. The summed E-state index contributed by atoms with van der Waals surface area (Å²) in [5.74, 6) is 0.872. The van der Waals surface area contributed by atoms with Crippen LogP contribution in [0.1, 0.15) is 5.69 Å². The second-order valence-corrected chi connectivity index (χ2v) is 7.41. The number of imidazole rings is 1. The van der Waals surface area contributed by atoms with Gasteiger partial charge < -0.3 is 4.40 Å². The average Bonchev–Trinajstić information content (AvgIpc) is 3.01. The molecule has 4 heteroatoms. The van der Waals surface area contributed by atoms with Crippen molar-refractivity contribution in [3.05, 3.63) is 89.2 Å². The van der Waals surface area contributed by atoms with Gasteiger partial charge in [-0.2, -0.15) is 0 Å². The van der Waals surface area contributed by atoms with Crippen LogP contribution in [0.2, 0.25) is 0 Å². The minimum atomic E-state index is 0.872. The van der Waals surface area contributed by atoms with E-state index in [0.717, 1.165) is 27.1 Å². The molecule has 0 spiro atoms. The van der Waals surface area contributed by atoms with Gasteiger partial charge in [0.2, 0.25) is 0 Å². The summed E-state index contributed by atoms with van der Waals surface area (Å²) < 4.78 is 3.29. The van der Waals surface area contributed by atoms with Crippen LogP contribution in [0.4, 0.5) is 0 Å². The molecule has 2 heterocycles. The Hall–Kier alpha value is -2.04. The Morgan fingerprint density at radius 3 is 2.42 bits per heavy atom. The summed E-state index contributed by atoms with van der Waals surface area (Å²) in [6.07, 6.45) is 2.09. The third-order valence-corrected chi connectivity index (χ3v) is 5.42. The van der Waals surface area contributed by atoms with E-state index < -0.39 is 0 Å². The smallest absolute Gasteiger partial charge is 0.137 e. The van der Waals surface area contributed by atoms with Crippen molar-refractivity contribution in [3.8, 4) is 11.3 Å². The van der Waals surface area contributed by atoms with E-state index in [9.17, 15) is 0 Å². The molecule has 0 atom stereocenters. The topological polar surface area (TPSA) is 17.3 Å². The molecule has 0 saturated carbocycles. The molecule has 2 aromatic heterocycles. The second kappa shape index (κ2) is 6.83. The zero-order chi connectivity index (χ0) is 16.4. The van der Waals surface area contributed by atoms with Gasteiger partial charge >= 0.3 is 0 Å². The highest BCUT2D eigenvalue weighted by Gasteiger charge is 2.13. The van der Waals surface area contributed by atoms with Crippen molar-refractivity contribution in [2.75, 3.05) is 0 Å². The Morgan fingerprint density at radius 2 is 1.62 bits per heavy atom. The lowest BCUT2D eigenvalue weighted by Gasteiger charge is -2.06. The van der Waals surface area contributed by atoms with Crippen LogP contribution in [0.5, 0.6) is 0 Å². The molecule has 0 N–H and O–H groups in total. The van der Waals surface area contributed by atoms with E-state index in [0.29, 0.717) is 0 Å². The molecule has 24 heavy (non-hydrogen) atoms. The number of thioether (sulfide) groups is 1. The van der Waals surface area contributed by atoms with Gasteiger partial charge in [-0.15, -0.1) is 11.8 Å². The molecule has 0 saturated heterocycles. The summed E-state index contributed by atoms with van der Waals surface area (Å²) in [7, 11) is 0. The normalized spacial score (nSPS) is 11.0. The molecule has 4 rings (SSSR count). The predicted octanol–water partition coefficient (Wildman–Crippen LogP) is 6.06. The molecule has 0 bridgehead atoms. The lowest BCUT2D eigenvalue weighted by molar-refractivity contribution is 1.09. The molecule has 0 aliphatic carbocycles. The number of benzene rings is 2. The molecular formula is C20H15BrN2S. The Labute approximate surface area is 153 Å². The summed E-state index contributed by atoms with van der Waals surface area (Å²) in [6, 6.07) is 25.0. The zero-order valence-corrected chi connectivity index (χ0v) is 15.3. The molecule has 2 nitrogen and oxygen atoms in total. The van der Waals surface area contributed by atoms with E-state index in [1.54, 1.807) is 0 Å². The minimum absolute atomic E-state index is 0.872. The summed E-state index contributed by atoms with van der Waals surface area (Å²) in [5.41, 5.74) is 4.44. The molecule has 0 aliphatic rings. The summed E-state index contributed by atoms with van der Waals surface area (Å²) in [4.78, 5) is 6.10. The number of halogens is 1. The lowest BCUT2D eigenvalue weighted by atomic mass is 10.1. The molecule has 118 valence electrons. The molecule has 4 aromatic rings. The van der Waals surface area contributed by atoms with Crippen molar-refractivity contribution >= 4 is 33.3 Å². The number of rotatable bonds is 4. The van der Waals surface area contributed by atoms with E-state index in [-0.39, 0.29) is 0 Å². The first kappa shape index (κ1) is 15.5. The Kier molecular flexibility index (Phi) is 4.41. The van der Waals surface area contributed by atoms with Crippen LogP contribution in [0, 0.1) is 0 Å². The van der Waals surface area contributed by atoms with Crippen LogP contribution in [0.3, 0.4) is 0 Å². The van der Waals surface area contributed by atoms with E-state index in [4.69, 9.17) is 4.98 Å². The molecule has 0 fully saturated rings. The van der Waals surface area contributed by atoms with Gasteiger partial charge in [0.1, 0.15) is 5.65 Å². The highest BCUT2D eigenvalue weighted by atomic mass is 79.9. The maximum absolute atomic E-state index is 4.85. The first-order valence-electron chi connectivity index (χ1n) is 7.71. The Balaban J connectivity index is 1.74. The van der Waals surface area contributed by atoms with Crippen LogP contribution in [-0.2, 0) is 5.75 Å². The van der Waals surface area contributed by atoms with Crippen LogP contribution in [0.15, 0.2) is 88.4 Å². The zero-order valence-electron chi connectivity index (χ0n) is 12.9. The van der Waals surface area contributed by atoms with Crippen LogP contribution >= 0.6 is 27.7 Å². The fourth-order valence-electron chi connectivity index (χ4n) is 2.69. The number of pyridine rings is 1. The first-order valence-corrected chi connectivity index (χ1v) is 9.49. The van der Waals surface area contributed by atoms with Crippen LogP contribution in [0.25, 0.3) is 16.9 Å². The van der Waals surface area contributed by atoms with Gasteiger partial charge in [0.05, 0.1) is 11.4 Å². The third-order valence-electron chi connectivity index (χ3n) is 3.87. The third kappa shape index (κ3) is 3.12. The van der Waals surface area contributed by atoms with E-state index in [1.165, 1.54) is 10.6 Å². The predicted molar refractivity (Wildman–Crippen MR) is 104 cm³/mol. The van der Waals surface area contributed by atoms with Crippen molar-refractivity contribution < 1.29 is 0 Å². The fraction of sp³-hybridized carbons (Fsp3) is 0.0500. The number of fused-ring (bicyclic) bond motifs is 1. The Bertz CT molecular complexity index is 962. The van der Waals surface area contributed by atoms with E-state index >= 15 is 0 Å². The number of nitrogens with zero attached hydrogens (tertiary/aromatic N) is 2. The fourth-order valence-corrected chi connectivity index (χ4v) is 3.87. The van der Waals surface area contributed by atoms with Crippen molar-refractivity contribution in [2.24, 2.45) is 0 Å². The van der Waals surface area contributed by atoms with Gasteiger partial charge in [-0.1, -0.05) is 52.3 Å². The molecule has 0 radical (unpaired) electrons. The molecular weight excluding hydrogens is 380 g/mol. The average molecular weight is 395 g/mol. The van der Waals surface area contributed by atoms with Gasteiger partial charge in [-0.25, -0.2) is 4.98 Å². The lowest BCUT2D eigenvalue weighted by Crippen LogP contribution is -1.92. The summed E-state index contributed by atoms with van der Waals surface area (Å²) in [5, 5.41) is 0. The first-order chi connectivity index (χ1) is 11.8. The summed E-state index contributed by atoms with van der Waals surface area (Å²) in [6.45, 7) is 0. The largest absolute Gasteiger partial charge is 0.303 e. The standard InChI is InChI=1S/C20H15BrN2S/c21-16-9-11-17(12-10-16)24-14-18-20(15-6-2-1-3-7-15)22-19-8-4-5-13-23(18)19/h1-13H,14H2. The van der Waals surface area contributed by atoms with E-state index in [2.05, 4.69) is 87.2 Å². The highest BCUT2D eigenvalue weighted by Crippen LogP contribution is 2.30. The SMILES string of the molecule is Brc1ccc(SCc2c(-c3ccccc3)nc3ccccn23)cc1. The molecule has 2 aromatic carbocycles. The van der Waals surface area contributed by atoms with Crippen LogP contribution < -0.4 is 0 Å². The van der Waals surface area contributed by atoms with Crippen molar-refractivity contribution in [1.29, 1.82) is 0 Å². The maximum atomic E-state index is 4.85.